The standard InChI is InChI=1S/C7H17NO5.3H2O.Sb/c1-8-2-4(10)6(12)7(13)5(11)3-9;;;;/h4-13H,2-3H2,1H3;3*1H2;/t4-,5+,6+,7+;;;;/m0..../s1. The van der Waals surface area contributed by atoms with Crippen LogP contribution in [0.5, 0.6) is 0 Å². The molecule has 109 valence electrons. The number of hydrogen-bond donors (Lipinski definition) is 6. The number of likely N-dealkylation sites (N-methyl/N-ethyl adjacent to an activating group) is 1. The maximum absolute atomic E-state index is 9.21. The van der Waals surface area contributed by atoms with E-state index in [1.807, 2.05) is 0 Å². The summed E-state index contributed by atoms with van der Waals surface area (Å²) in [5.41, 5.74) is 0. The van der Waals surface area contributed by atoms with Crippen molar-refractivity contribution in [2.24, 2.45) is 0 Å². The first-order valence-corrected chi connectivity index (χ1v) is 4.02. The van der Waals surface area contributed by atoms with Gasteiger partial charge in [0.1, 0.15) is 18.3 Å². The first kappa shape index (κ1) is 30.5. The Hall–Kier alpha value is 0.458. The molecule has 0 fully saturated rings. The zero-order valence-electron chi connectivity index (χ0n) is 9.41. The molecule has 0 spiro atoms. The average Bonchev–Trinajstić information content (AvgIpc) is 2.14. The number of nitrogens with one attached hydrogen (secondary N) is 1. The van der Waals surface area contributed by atoms with Gasteiger partial charge in [0, 0.05) is 31.0 Å². The molecule has 4 atom stereocenters. The van der Waals surface area contributed by atoms with Gasteiger partial charge in [-0.05, 0) is 7.05 Å². The Morgan fingerprint density at radius 3 is 1.53 bits per heavy atom. The second kappa shape index (κ2) is 16.5. The Morgan fingerprint density at radius 1 is 0.882 bits per heavy atom. The molecule has 17 heavy (non-hydrogen) atoms. The summed E-state index contributed by atoms with van der Waals surface area (Å²) in [6.07, 6.45) is -5.65. The molecule has 12 N–H and O–H groups in total. The van der Waals surface area contributed by atoms with Gasteiger partial charge in [0.2, 0.25) is 0 Å². The van der Waals surface area contributed by atoms with Gasteiger partial charge in [-0.1, -0.05) is 0 Å². The van der Waals surface area contributed by atoms with Crippen molar-refractivity contribution in [1.29, 1.82) is 0 Å². The minimum Gasteiger partial charge on any atom is -0.412 e. The van der Waals surface area contributed by atoms with Crippen molar-refractivity contribution in [3.05, 3.63) is 0 Å². The van der Waals surface area contributed by atoms with E-state index in [-0.39, 0.29) is 47.4 Å². The molecule has 0 aliphatic heterocycles. The maximum Gasteiger partial charge on any atom is 0.111 e. The summed E-state index contributed by atoms with van der Waals surface area (Å²) in [5, 5.41) is 47.5. The van der Waals surface area contributed by atoms with E-state index in [0.29, 0.717) is 0 Å². The van der Waals surface area contributed by atoms with E-state index in [1.165, 1.54) is 0 Å². The fraction of sp³-hybridized carbons (Fsp3) is 1.00. The van der Waals surface area contributed by atoms with Crippen LogP contribution in [0.4, 0.5) is 0 Å². The molecule has 0 rings (SSSR count). The first-order chi connectivity index (χ1) is 6.04. The molecule has 0 heterocycles. The molecule has 0 aromatic carbocycles. The molecule has 0 amide bonds. The first-order valence-electron chi connectivity index (χ1n) is 4.02. The zero-order valence-corrected chi connectivity index (χ0v) is 12.0. The maximum atomic E-state index is 9.21. The SMILES string of the molecule is CNC[C@H](O)[C@@H](O)[C@H](O)[C@H](O)CO.O.O.O.[Sb]. The molecule has 3 radical (unpaired) electrons. The van der Waals surface area contributed by atoms with Crippen molar-refractivity contribution in [2.45, 2.75) is 24.4 Å². The Bertz CT molecular complexity index is 143. The van der Waals surface area contributed by atoms with Gasteiger partial charge in [-0.3, -0.25) is 0 Å². The van der Waals surface area contributed by atoms with E-state index in [4.69, 9.17) is 20.4 Å². The van der Waals surface area contributed by atoms with Gasteiger partial charge in [0.15, 0.2) is 0 Å². The average molecular weight is 371 g/mol. The molecular formula is C7H23NO8Sb. The van der Waals surface area contributed by atoms with Crippen LogP contribution in [0.1, 0.15) is 0 Å². The van der Waals surface area contributed by atoms with Crippen LogP contribution in [0.25, 0.3) is 0 Å². The largest absolute Gasteiger partial charge is 0.412 e. The van der Waals surface area contributed by atoms with Crippen molar-refractivity contribution < 1.29 is 42.0 Å². The number of aliphatic hydroxyl groups excluding tert-OH is 5. The summed E-state index contributed by atoms with van der Waals surface area (Å²) in [5.74, 6) is 0. The van der Waals surface area contributed by atoms with E-state index < -0.39 is 31.0 Å². The van der Waals surface area contributed by atoms with Gasteiger partial charge < -0.3 is 47.3 Å². The Labute approximate surface area is 116 Å². The van der Waals surface area contributed by atoms with Crippen molar-refractivity contribution in [3.63, 3.8) is 0 Å². The van der Waals surface area contributed by atoms with Crippen molar-refractivity contribution in [1.82, 2.24) is 5.32 Å². The van der Waals surface area contributed by atoms with Crippen LogP contribution in [0.3, 0.4) is 0 Å². The Morgan fingerprint density at radius 2 is 1.24 bits per heavy atom. The van der Waals surface area contributed by atoms with Crippen LogP contribution in [0.15, 0.2) is 0 Å². The molecule has 9 nitrogen and oxygen atoms in total. The third-order valence-electron chi connectivity index (χ3n) is 1.74. The molecule has 0 unspecified atom stereocenters. The van der Waals surface area contributed by atoms with E-state index in [9.17, 15) is 5.11 Å². The van der Waals surface area contributed by atoms with Gasteiger partial charge in [0.05, 0.1) is 12.7 Å². The van der Waals surface area contributed by atoms with Gasteiger partial charge in [-0.2, -0.15) is 0 Å². The van der Waals surface area contributed by atoms with E-state index in [1.54, 1.807) is 7.05 Å². The van der Waals surface area contributed by atoms with Gasteiger partial charge in [-0.25, -0.2) is 0 Å². The molecule has 0 aromatic heterocycles. The third kappa shape index (κ3) is 11.3. The zero-order chi connectivity index (χ0) is 10.4. The molecule has 0 aliphatic rings. The molecular weight excluding hydrogens is 348 g/mol. The number of aliphatic hydroxyl groups is 5. The second-order valence-electron chi connectivity index (χ2n) is 2.86. The number of hydrogen-bond acceptors (Lipinski definition) is 6. The van der Waals surface area contributed by atoms with Crippen LogP contribution in [-0.4, -0.2) is 111 Å². The summed E-state index contributed by atoms with van der Waals surface area (Å²) in [6, 6.07) is 0. The van der Waals surface area contributed by atoms with Crippen LogP contribution >= 0.6 is 0 Å². The molecule has 10 heteroatoms. The fourth-order valence-corrected chi connectivity index (χ4v) is 0.893. The monoisotopic (exact) mass is 370 g/mol. The topological polar surface area (TPSA) is 208 Å². The smallest absolute Gasteiger partial charge is 0.111 e. The summed E-state index contributed by atoms with van der Waals surface area (Å²) in [6.45, 7) is -0.569. The van der Waals surface area contributed by atoms with Crippen LogP contribution in [0, 0.1) is 0 Å². The van der Waals surface area contributed by atoms with Gasteiger partial charge in [-0.15, -0.1) is 0 Å². The minimum atomic E-state index is -1.55. The molecule has 0 aromatic rings. The molecule has 0 saturated carbocycles. The predicted molar refractivity (Wildman–Crippen MR) is 61.6 cm³/mol. The van der Waals surface area contributed by atoms with Crippen molar-refractivity contribution in [3.8, 4) is 0 Å². The van der Waals surface area contributed by atoms with Gasteiger partial charge >= 0.3 is 0 Å². The van der Waals surface area contributed by atoms with E-state index in [0.717, 1.165) is 0 Å². The minimum absolute atomic E-state index is 0. The van der Waals surface area contributed by atoms with Crippen LogP contribution in [0.2, 0.25) is 0 Å². The third-order valence-corrected chi connectivity index (χ3v) is 1.74. The summed E-state index contributed by atoms with van der Waals surface area (Å²) >= 11 is 0. The van der Waals surface area contributed by atoms with Crippen molar-refractivity contribution >= 4 is 24.4 Å². The fourth-order valence-electron chi connectivity index (χ4n) is 0.893. The Balaban J connectivity index is -0.000000120. The predicted octanol–water partition coefficient (Wildman–Crippen LogP) is -6.21. The summed E-state index contributed by atoms with van der Waals surface area (Å²) in [4.78, 5) is 0. The molecule has 0 saturated heterocycles. The van der Waals surface area contributed by atoms with E-state index in [2.05, 4.69) is 5.32 Å². The van der Waals surface area contributed by atoms with Crippen LogP contribution < -0.4 is 5.32 Å². The quantitative estimate of drug-likeness (QED) is 0.250. The molecule has 0 aliphatic carbocycles. The number of rotatable bonds is 6. The summed E-state index contributed by atoms with van der Waals surface area (Å²) < 4.78 is 0. The molecule has 0 bridgehead atoms. The second-order valence-corrected chi connectivity index (χ2v) is 2.86. The normalized spacial score (nSPS) is 15.9. The van der Waals surface area contributed by atoms with E-state index >= 15 is 0 Å². The van der Waals surface area contributed by atoms with Gasteiger partial charge in [0.25, 0.3) is 0 Å². The summed E-state index contributed by atoms with van der Waals surface area (Å²) in [7, 11) is 1.57. The van der Waals surface area contributed by atoms with Crippen LogP contribution in [-0.2, 0) is 0 Å². The van der Waals surface area contributed by atoms with Crippen molar-refractivity contribution in [2.75, 3.05) is 20.2 Å². The Kier molecular flexibility index (Phi) is 29.5.